The van der Waals surface area contributed by atoms with Crippen molar-refractivity contribution in [3.63, 3.8) is 0 Å². The molecule has 1 heterocycles. The molecule has 3 saturated carbocycles. The minimum Gasteiger partial charge on any atom is -1.00 e. The molecule has 7 rings (SSSR count). The number of nitro groups is 1. The second-order valence-electron chi connectivity index (χ2n) is 15.0. The van der Waals surface area contributed by atoms with Gasteiger partial charge >= 0.3 is 23.9 Å². The van der Waals surface area contributed by atoms with Gasteiger partial charge in [0.1, 0.15) is 21.7 Å². The maximum atomic E-state index is 12.0. The van der Waals surface area contributed by atoms with E-state index in [1.54, 1.807) is 30.1 Å². The second kappa shape index (κ2) is 28.7. The lowest BCUT2D eigenvalue weighted by Gasteiger charge is -2.25. The molecule has 29 heteroatoms. The van der Waals surface area contributed by atoms with E-state index in [2.05, 4.69) is 35.5 Å². The highest BCUT2D eigenvalue weighted by Gasteiger charge is 2.59. The van der Waals surface area contributed by atoms with Crippen LogP contribution >= 0.6 is 85.5 Å². The van der Waals surface area contributed by atoms with Crippen LogP contribution in [0.4, 0.5) is 17.1 Å². The summed E-state index contributed by atoms with van der Waals surface area (Å²) >= 11 is 38.2. The Labute approximate surface area is 453 Å². The number of fused-ring (bicyclic) bond motifs is 1. The molecule has 0 atom stereocenters. The van der Waals surface area contributed by atoms with E-state index in [1.165, 1.54) is 27.4 Å². The predicted octanol–water partition coefficient (Wildman–Crippen LogP) is 4.22. The highest BCUT2D eigenvalue weighted by atomic mass is 79.9. The lowest BCUT2D eigenvalue weighted by Crippen LogP contribution is -3.00. The highest BCUT2D eigenvalue weighted by Crippen LogP contribution is 2.44. The van der Waals surface area contributed by atoms with Crippen LogP contribution in [0.5, 0.6) is 0 Å². The summed E-state index contributed by atoms with van der Waals surface area (Å²) in [7, 11) is 0.400. The summed E-state index contributed by atoms with van der Waals surface area (Å²) in [5.74, 6) is -0.376. The van der Waals surface area contributed by atoms with Gasteiger partial charge in [0.05, 0.1) is 81.4 Å². The van der Waals surface area contributed by atoms with Crippen molar-refractivity contribution in [3.05, 3.63) is 93.3 Å². The van der Waals surface area contributed by atoms with Crippen molar-refractivity contribution in [2.24, 2.45) is 11.5 Å². The number of nitrogens with one attached hydrogen (secondary N) is 2. The molecule has 0 spiro atoms. The van der Waals surface area contributed by atoms with Gasteiger partial charge in [-0.05, 0) is 75.8 Å². The number of aliphatic hydroxyl groups is 1. The Morgan fingerprint density at radius 1 is 0.871 bits per heavy atom. The Kier molecular flexibility index (Phi) is 26.4. The van der Waals surface area contributed by atoms with E-state index >= 15 is 0 Å². The minimum absolute atomic E-state index is 0. The molecular formula is C41H50Br2Cl6N8O12S. The summed E-state index contributed by atoms with van der Waals surface area (Å²) in [6.07, 6.45) is 5.34. The Morgan fingerprint density at radius 2 is 1.34 bits per heavy atom. The molecule has 0 bridgehead atoms. The number of benzene rings is 3. The number of hydrogen-bond acceptors (Lipinski definition) is 18. The van der Waals surface area contributed by atoms with Crippen LogP contribution in [0.25, 0.3) is 0 Å². The molecule has 1 aliphatic heterocycles. The first-order chi connectivity index (χ1) is 32.2. The fourth-order valence-electron chi connectivity index (χ4n) is 6.00. The molecule has 9 N–H and O–H groups in total. The van der Waals surface area contributed by atoms with E-state index in [1.807, 2.05) is 10.6 Å². The van der Waals surface area contributed by atoms with Gasteiger partial charge in [-0.15, -0.1) is 0 Å². The summed E-state index contributed by atoms with van der Waals surface area (Å²) in [4.78, 5) is 45.7. The quantitative estimate of drug-likeness (QED) is 0.0298. The Bertz CT molecular complexity index is 2570. The number of nitriles is 1. The maximum absolute atomic E-state index is 12.0. The molecule has 0 amide bonds. The van der Waals surface area contributed by atoms with Crippen LogP contribution in [-0.2, 0) is 62.6 Å². The molecule has 3 aliphatic carbocycles. The van der Waals surface area contributed by atoms with Gasteiger partial charge in [0.25, 0.3) is 15.8 Å². The summed E-state index contributed by atoms with van der Waals surface area (Å²) in [5.41, 5.74) is 18.0. The fraction of sp³-hybridized carbons (Fsp3) is 0.439. The van der Waals surface area contributed by atoms with E-state index < -0.39 is 38.3 Å². The molecule has 0 unspecified atom stereocenters. The third-order valence-electron chi connectivity index (χ3n) is 10.2. The highest BCUT2D eigenvalue weighted by molar-refractivity contribution is 9.12. The number of carbonyl (C=O) groups is 3. The van der Waals surface area contributed by atoms with E-state index in [9.17, 15) is 32.9 Å². The molecule has 3 aromatic carbocycles. The van der Waals surface area contributed by atoms with Gasteiger partial charge in [0, 0.05) is 52.0 Å². The van der Waals surface area contributed by atoms with Gasteiger partial charge in [-0.2, -0.15) is 13.7 Å². The second-order valence-corrected chi connectivity index (χ2v) is 19.3. The van der Waals surface area contributed by atoms with Crippen LogP contribution in [-0.4, -0.2) is 97.7 Å². The summed E-state index contributed by atoms with van der Waals surface area (Å²) in [5, 5.41) is 33.6. The first-order valence-electron chi connectivity index (χ1n) is 20.0. The van der Waals surface area contributed by atoms with Crippen LogP contribution in [0.1, 0.15) is 62.1 Å². The van der Waals surface area contributed by atoms with Crippen LogP contribution < -0.4 is 44.8 Å². The number of nitro benzene ring substituents is 1. The van der Waals surface area contributed by atoms with Crippen molar-refractivity contribution < 1.29 is 72.8 Å². The van der Waals surface area contributed by atoms with Gasteiger partial charge in [-0.25, -0.2) is 14.7 Å². The molecular weight excluding hydrogens is 1200 g/mol. The Hall–Kier alpha value is -3.48. The average Bonchev–Trinajstić information content (AvgIpc) is 4.21. The zero-order valence-electron chi connectivity index (χ0n) is 38.0. The first kappa shape index (κ1) is 64.5. The van der Waals surface area contributed by atoms with Crippen molar-refractivity contribution in [1.29, 1.82) is 5.26 Å². The number of nitrogen functional groups attached to an aromatic ring is 1. The molecule has 388 valence electrons. The standard InChI is InChI=1S/C13H13Cl2N3O2.C12H14Cl2N2O2.C8H7Cl2NO5S.C5H9NO2.C2H6O.CBrN.BrH/c1-20-11(19)13(4-5-13)18-6-7-9(17-12(18)16)3-2-8(14)10(7)15;1-18-11(17)12(4-5-12)16-6-7-9(15)3-2-8(13)10(7)14;1-17(14,15)16-4-5-7(11(12)13)3-2-6(9)8(5)10;1-8-4(7)5(6)2-3-5;1-2-3;2-1-3;/h2-3H,4-6H2,1H3,(H2,16,17);2-3,16H,4-6,15H2,1H3;2-3H,4H2,1H3;2-3,6H2,1H3;3H,2H2,1H3;;1H. The Morgan fingerprint density at radius 3 is 1.77 bits per heavy atom. The molecule has 20 nitrogen and oxygen atoms in total. The number of methoxy groups -OCH3 is 3. The lowest BCUT2D eigenvalue weighted by atomic mass is 10.1. The largest absolute Gasteiger partial charge is 1.00 e. The number of rotatable bonds is 11. The van der Waals surface area contributed by atoms with Crippen LogP contribution in [0.15, 0.2) is 36.4 Å². The minimum atomic E-state index is -3.72. The number of nitrogens with zero attached hydrogens (tertiary/aromatic N) is 3. The molecule has 3 fully saturated rings. The molecule has 70 heavy (non-hydrogen) atoms. The van der Waals surface area contributed by atoms with Gasteiger partial charge in [0.15, 0.2) is 5.54 Å². The zero-order chi connectivity index (χ0) is 52.7. The third kappa shape index (κ3) is 17.9. The third-order valence-corrected chi connectivity index (χ3v) is 13.3. The maximum Gasteiger partial charge on any atom is 0.349 e. The number of anilines is 2. The number of ether oxygens (including phenoxy) is 3. The van der Waals surface area contributed by atoms with Gasteiger partial charge in [0.2, 0.25) is 0 Å². The van der Waals surface area contributed by atoms with Crippen molar-refractivity contribution in [2.75, 3.05) is 45.2 Å². The van der Waals surface area contributed by atoms with Crippen molar-refractivity contribution >= 4 is 137 Å². The van der Waals surface area contributed by atoms with Crippen LogP contribution in [0, 0.1) is 20.4 Å². The number of esters is 3. The van der Waals surface area contributed by atoms with Crippen LogP contribution in [0.3, 0.4) is 0 Å². The first-order valence-corrected chi connectivity index (χ1v) is 24.8. The topological polar surface area (TPSA) is 315 Å². The molecule has 0 radical (unpaired) electrons. The predicted molar refractivity (Wildman–Crippen MR) is 267 cm³/mol. The number of aliphatic hydroxyl groups excluding tert-OH is 1. The molecule has 0 aromatic heterocycles. The number of hydrogen-bond donors (Lipinski definition) is 6. The summed E-state index contributed by atoms with van der Waals surface area (Å²) in [6.45, 7) is 2.22. The number of carbonyl (C=O) groups excluding carboxylic acids is 3. The number of guanidine groups is 1. The monoisotopic (exact) mass is 1250 g/mol. The SMILES string of the molecule is CCO.COC(=O)C1(N)CC1.COC(=O)C1(NCc2c(N)ccc(Cl)c2Cl)CC1.COC(=O)C1([N+]2=C(N)Nc3ccc(Cl)c(Cl)c3C2)CC1.CS(=O)(=O)OCc1c([N+](=O)[O-])ccc(Cl)c1Cl.N#CBr.[Br-]. The van der Waals surface area contributed by atoms with Gasteiger partial charge in [-0.1, -0.05) is 69.6 Å². The zero-order valence-corrected chi connectivity index (χ0v) is 46.5. The lowest BCUT2D eigenvalue weighted by molar-refractivity contribution is -0.585. The Balaban J connectivity index is 0.000000460. The fourth-order valence-corrected chi connectivity index (χ4v) is 7.55. The van der Waals surface area contributed by atoms with Crippen LogP contribution in [0.2, 0.25) is 30.1 Å². The molecule has 3 aromatic rings. The molecule has 4 aliphatic rings. The smallest absolute Gasteiger partial charge is 0.349 e. The van der Waals surface area contributed by atoms with Crippen molar-refractivity contribution in [1.82, 2.24) is 5.32 Å². The normalized spacial score (nSPS) is 15.4. The van der Waals surface area contributed by atoms with E-state index in [0.717, 1.165) is 62.1 Å². The average molecular weight is 1250 g/mol. The van der Waals surface area contributed by atoms with E-state index in [4.69, 9.17) is 107 Å². The molecule has 0 saturated heterocycles. The number of nitrogens with two attached hydrogens (primary N) is 3. The van der Waals surface area contributed by atoms with Crippen molar-refractivity contribution in [3.8, 4) is 4.98 Å². The van der Waals surface area contributed by atoms with Gasteiger partial charge < -0.3 is 47.8 Å². The van der Waals surface area contributed by atoms with E-state index in [0.29, 0.717) is 50.4 Å². The van der Waals surface area contributed by atoms with E-state index in [-0.39, 0.29) is 62.8 Å². The number of halogens is 8. The summed E-state index contributed by atoms with van der Waals surface area (Å²) in [6, 6.07) is 9.28. The van der Waals surface area contributed by atoms with Gasteiger partial charge in [-0.3, -0.25) is 34.9 Å². The van der Waals surface area contributed by atoms with Crippen molar-refractivity contribution in [2.45, 2.75) is 81.8 Å². The summed E-state index contributed by atoms with van der Waals surface area (Å²) < 4.78 is 42.0.